The van der Waals surface area contributed by atoms with E-state index >= 15 is 0 Å². The lowest BCUT2D eigenvalue weighted by Gasteiger charge is -2.02. The quantitative estimate of drug-likeness (QED) is 0.857. The molecule has 2 rings (SSSR count). The van der Waals surface area contributed by atoms with E-state index in [1.165, 1.54) is 16.4 Å². The molecule has 0 aliphatic heterocycles. The summed E-state index contributed by atoms with van der Waals surface area (Å²) in [4.78, 5) is 4.26. The van der Waals surface area contributed by atoms with Crippen molar-refractivity contribution in [2.45, 2.75) is 12.8 Å². The van der Waals surface area contributed by atoms with Crippen LogP contribution < -0.4 is 5.32 Å². The van der Waals surface area contributed by atoms with E-state index in [2.05, 4.69) is 39.0 Å². The van der Waals surface area contributed by atoms with Gasteiger partial charge in [-0.3, -0.25) is 0 Å². The molecule has 1 heterocycles. The second-order valence-corrected chi connectivity index (χ2v) is 4.43. The minimum atomic E-state index is 0.908. The molecule has 1 N–H and O–H groups in total. The number of anilines is 1. The number of nitrogens with zero attached hydrogens (tertiary/aromatic N) is 1. The molecule has 1 saturated carbocycles. The molecule has 0 saturated heterocycles. The van der Waals surface area contributed by atoms with E-state index in [1.807, 2.05) is 12.3 Å². The molecule has 0 bridgehead atoms. The molecule has 0 amide bonds. The van der Waals surface area contributed by atoms with Crippen LogP contribution in [-0.4, -0.2) is 11.5 Å². The van der Waals surface area contributed by atoms with Gasteiger partial charge in [0.1, 0.15) is 5.82 Å². The van der Waals surface area contributed by atoms with Gasteiger partial charge in [0.25, 0.3) is 0 Å². The average Bonchev–Trinajstić information content (AvgIpc) is 2.87. The van der Waals surface area contributed by atoms with Gasteiger partial charge in [0.2, 0.25) is 0 Å². The first kappa shape index (κ1) is 8.29. The predicted molar refractivity (Wildman–Crippen MR) is 58.2 cm³/mol. The lowest BCUT2D eigenvalue weighted by molar-refractivity contribution is 0.883. The van der Waals surface area contributed by atoms with Crippen molar-refractivity contribution >= 4 is 28.4 Å². The molecule has 1 aliphatic rings. The Bertz CT molecular complexity index is 254. The van der Waals surface area contributed by atoms with Gasteiger partial charge < -0.3 is 5.32 Å². The molecular formula is C9H11IN2. The van der Waals surface area contributed by atoms with Crippen LogP contribution in [0.5, 0.6) is 0 Å². The van der Waals surface area contributed by atoms with E-state index in [0.717, 1.165) is 18.3 Å². The zero-order valence-corrected chi connectivity index (χ0v) is 8.91. The van der Waals surface area contributed by atoms with E-state index in [4.69, 9.17) is 0 Å². The Kier molecular flexibility index (Phi) is 2.48. The SMILES string of the molecule is Ic1ccc(NCC2CC2)nc1. The fourth-order valence-corrected chi connectivity index (χ4v) is 1.37. The highest BCUT2D eigenvalue weighted by atomic mass is 127. The van der Waals surface area contributed by atoms with Crippen LogP contribution in [-0.2, 0) is 0 Å². The number of hydrogen-bond acceptors (Lipinski definition) is 2. The topological polar surface area (TPSA) is 24.9 Å². The highest BCUT2D eigenvalue weighted by Crippen LogP contribution is 2.28. The van der Waals surface area contributed by atoms with Crippen LogP contribution in [0, 0.1) is 9.49 Å². The van der Waals surface area contributed by atoms with Gasteiger partial charge in [-0.05, 0) is 53.5 Å². The van der Waals surface area contributed by atoms with Crippen LogP contribution in [0.3, 0.4) is 0 Å². The molecule has 3 heteroatoms. The maximum Gasteiger partial charge on any atom is 0.125 e. The summed E-state index contributed by atoms with van der Waals surface area (Å²) < 4.78 is 1.18. The van der Waals surface area contributed by atoms with E-state index in [9.17, 15) is 0 Å². The second-order valence-electron chi connectivity index (χ2n) is 3.19. The van der Waals surface area contributed by atoms with Crippen LogP contribution >= 0.6 is 22.6 Å². The summed E-state index contributed by atoms with van der Waals surface area (Å²) in [5, 5.41) is 3.32. The largest absolute Gasteiger partial charge is 0.370 e. The van der Waals surface area contributed by atoms with E-state index in [0.29, 0.717) is 0 Å². The average molecular weight is 274 g/mol. The second kappa shape index (κ2) is 3.60. The van der Waals surface area contributed by atoms with Gasteiger partial charge in [0.05, 0.1) is 0 Å². The number of pyridine rings is 1. The first-order chi connectivity index (χ1) is 5.84. The smallest absolute Gasteiger partial charge is 0.125 e. The summed E-state index contributed by atoms with van der Waals surface area (Å²) in [6.07, 6.45) is 4.66. The molecule has 1 fully saturated rings. The van der Waals surface area contributed by atoms with Crippen LogP contribution in [0.2, 0.25) is 0 Å². The molecule has 2 nitrogen and oxygen atoms in total. The summed E-state index contributed by atoms with van der Waals surface area (Å²) >= 11 is 2.26. The van der Waals surface area contributed by atoms with Crippen LogP contribution in [0.1, 0.15) is 12.8 Å². The van der Waals surface area contributed by atoms with Crippen molar-refractivity contribution in [1.82, 2.24) is 4.98 Å². The first-order valence-corrected chi connectivity index (χ1v) is 5.28. The molecule has 0 radical (unpaired) electrons. The zero-order valence-electron chi connectivity index (χ0n) is 6.76. The molecule has 0 atom stereocenters. The van der Waals surface area contributed by atoms with E-state index in [1.54, 1.807) is 0 Å². The Morgan fingerprint density at radius 2 is 2.33 bits per heavy atom. The normalized spacial score (nSPS) is 16.1. The fraction of sp³-hybridized carbons (Fsp3) is 0.444. The number of hydrogen-bond donors (Lipinski definition) is 1. The van der Waals surface area contributed by atoms with Crippen molar-refractivity contribution in [2.75, 3.05) is 11.9 Å². The molecule has 1 aliphatic carbocycles. The lowest BCUT2D eigenvalue weighted by Crippen LogP contribution is -2.04. The van der Waals surface area contributed by atoms with Crippen LogP contribution in [0.4, 0.5) is 5.82 Å². The first-order valence-electron chi connectivity index (χ1n) is 4.20. The fourth-order valence-electron chi connectivity index (χ4n) is 1.05. The molecule has 1 aromatic heterocycles. The van der Waals surface area contributed by atoms with Gasteiger partial charge in [-0.15, -0.1) is 0 Å². The van der Waals surface area contributed by atoms with Gasteiger partial charge in [-0.25, -0.2) is 4.98 Å². The lowest BCUT2D eigenvalue weighted by atomic mass is 10.4. The third-order valence-corrected chi connectivity index (χ3v) is 2.63. The van der Waals surface area contributed by atoms with Gasteiger partial charge in [0.15, 0.2) is 0 Å². The van der Waals surface area contributed by atoms with Crippen molar-refractivity contribution in [3.8, 4) is 0 Å². The Morgan fingerprint density at radius 1 is 1.50 bits per heavy atom. The molecule has 12 heavy (non-hydrogen) atoms. The minimum Gasteiger partial charge on any atom is -0.370 e. The number of nitrogens with one attached hydrogen (secondary N) is 1. The third kappa shape index (κ3) is 2.33. The molecular weight excluding hydrogens is 263 g/mol. The summed E-state index contributed by atoms with van der Waals surface area (Å²) in [7, 11) is 0. The summed E-state index contributed by atoms with van der Waals surface area (Å²) in [5.41, 5.74) is 0. The van der Waals surface area contributed by atoms with Gasteiger partial charge in [-0.2, -0.15) is 0 Å². The van der Waals surface area contributed by atoms with Crippen molar-refractivity contribution in [3.05, 3.63) is 21.9 Å². The van der Waals surface area contributed by atoms with Gasteiger partial charge in [0, 0.05) is 16.3 Å². The van der Waals surface area contributed by atoms with Crippen molar-refractivity contribution in [2.24, 2.45) is 5.92 Å². The predicted octanol–water partition coefficient (Wildman–Crippen LogP) is 2.51. The number of halogens is 1. The summed E-state index contributed by atoms with van der Waals surface area (Å²) in [6.45, 7) is 1.09. The van der Waals surface area contributed by atoms with Crippen molar-refractivity contribution in [1.29, 1.82) is 0 Å². The standard InChI is InChI=1S/C9H11IN2/c10-8-3-4-9(12-6-8)11-5-7-1-2-7/h3-4,6-7H,1-2,5H2,(H,11,12). The highest BCUT2D eigenvalue weighted by molar-refractivity contribution is 14.1. The Balaban J connectivity index is 1.89. The van der Waals surface area contributed by atoms with Crippen molar-refractivity contribution in [3.63, 3.8) is 0 Å². The van der Waals surface area contributed by atoms with Crippen LogP contribution in [0.15, 0.2) is 18.3 Å². The monoisotopic (exact) mass is 274 g/mol. The number of rotatable bonds is 3. The molecule has 1 aromatic rings. The van der Waals surface area contributed by atoms with Gasteiger partial charge in [-0.1, -0.05) is 0 Å². The Hall–Kier alpha value is -0.320. The highest BCUT2D eigenvalue weighted by Gasteiger charge is 2.20. The maximum absolute atomic E-state index is 4.26. The summed E-state index contributed by atoms with van der Waals surface area (Å²) in [5.74, 6) is 1.91. The molecule has 0 unspecified atom stereocenters. The Morgan fingerprint density at radius 3 is 2.92 bits per heavy atom. The molecule has 0 aromatic carbocycles. The number of aromatic nitrogens is 1. The van der Waals surface area contributed by atoms with Crippen LogP contribution in [0.25, 0.3) is 0 Å². The molecule has 64 valence electrons. The zero-order chi connectivity index (χ0) is 8.39. The van der Waals surface area contributed by atoms with E-state index in [-0.39, 0.29) is 0 Å². The van der Waals surface area contributed by atoms with E-state index < -0.39 is 0 Å². The van der Waals surface area contributed by atoms with Gasteiger partial charge >= 0.3 is 0 Å². The molecule has 0 spiro atoms. The minimum absolute atomic E-state index is 0.908. The maximum atomic E-state index is 4.26. The Labute approximate surface area is 85.9 Å². The van der Waals surface area contributed by atoms with Crippen molar-refractivity contribution < 1.29 is 0 Å². The summed E-state index contributed by atoms with van der Waals surface area (Å²) in [6, 6.07) is 4.10. The third-order valence-electron chi connectivity index (χ3n) is 2.00.